The summed E-state index contributed by atoms with van der Waals surface area (Å²) in [5.74, 6) is -0.406. The predicted octanol–water partition coefficient (Wildman–Crippen LogP) is 1.73. The van der Waals surface area contributed by atoms with Crippen LogP contribution in [0.4, 0.5) is 0 Å². The van der Waals surface area contributed by atoms with Crippen LogP contribution in [-0.2, 0) is 16.1 Å². The van der Waals surface area contributed by atoms with Crippen molar-refractivity contribution in [3.63, 3.8) is 0 Å². The zero-order chi connectivity index (χ0) is 19.6. The fourth-order valence-corrected chi connectivity index (χ4v) is 2.70. The van der Waals surface area contributed by atoms with Crippen LogP contribution in [0.2, 0.25) is 0 Å². The van der Waals surface area contributed by atoms with Crippen LogP contribution in [0.3, 0.4) is 0 Å². The maximum Gasteiger partial charge on any atom is 0.340 e. The molecule has 0 bridgehead atoms. The molecule has 0 spiro atoms. The van der Waals surface area contributed by atoms with Gasteiger partial charge in [-0.05, 0) is 37.5 Å². The van der Waals surface area contributed by atoms with Gasteiger partial charge in [0.15, 0.2) is 5.84 Å². The van der Waals surface area contributed by atoms with Gasteiger partial charge in [-0.25, -0.2) is 9.79 Å². The summed E-state index contributed by atoms with van der Waals surface area (Å²) in [5, 5.41) is 6.83. The minimum atomic E-state index is -0.886. The van der Waals surface area contributed by atoms with Gasteiger partial charge in [0.05, 0.1) is 12.1 Å². The fraction of sp³-hybridized carbons (Fsp3) is 0.421. The molecule has 0 saturated heterocycles. The number of pyridine rings is 1. The molecule has 27 heavy (non-hydrogen) atoms. The molecule has 0 aromatic carbocycles. The van der Waals surface area contributed by atoms with Crippen molar-refractivity contribution in [3.05, 3.63) is 47.5 Å². The third-order valence-electron chi connectivity index (χ3n) is 4.74. The van der Waals surface area contributed by atoms with Crippen molar-refractivity contribution in [2.24, 2.45) is 10.9 Å². The number of ether oxygens (including phenoxy) is 1. The summed E-state index contributed by atoms with van der Waals surface area (Å²) < 4.78 is 7.05. The van der Waals surface area contributed by atoms with Crippen LogP contribution in [0.1, 0.15) is 42.4 Å². The normalized spacial score (nSPS) is 19.1. The molecule has 1 aliphatic rings. The average molecular weight is 369 g/mol. The fourth-order valence-electron chi connectivity index (χ4n) is 2.70. The maximum atomic E-state index is 12.6. The first kappa shape index (κ1) is 18.8. The molecule has 0 fully saturated rings. The molecule has 1 N–H and O–H groups in total. The van der Waals surface area contributed by atoms with Gasteiger partial charge in [-0.2, -0.15) is 5.10 Å². The Balaban J connectivity index is 1.83. The van der Waals surface area contributed by atoms with Crippen molar-refractivity contribution in [1.82, 2.24) is 20.1 Å². The molecular weight excluding hydrogens is 346 g/mol. The molecule has 8 heteroatoms. The van der Waals surface area contributed by atoms with Gasteiger partial charge >= 0.3 is 5.97 Å². The Morgan fingerprint density at radius 1 is 1.41 bits per heavy atom. The van der Waals surface area contributed by atoms with Gasteiger partial charge in [-0.15, -0.1) is 0 Å². The molecule has 1 unspecified atom stereocenters. The van der Waals surface area contributed by atoms with Crippen LogP contribution >= 0.6 is 0 Å². The van der Waals surface area contributed by atoms with Gasteiger partial charge in [0.2, 0.25) is 0 Å². The van der Waals surface area contributed by atoms with E-state index in [4.69, 9.17) is 4.74 Å². The largest absolute Gasteiger partial charge is 0.460 e. The Labute approximate surface area is 157 Å². The van der Waals surface area contributed by atoms with Crippen molar-refractivity contribution in [2.45, 2.75) is 39.8 Å². The number of rotatable bonds is 6. The third kappa shape index (κ3) is 3.74. The molecule has 0 radical (unpaired) electrons. The zero-order valence-corrected chi connectivity index (χ0v) is 15.9. The van der Waals surface area contributed by atoms with Crippen molar-refractivity contribution in [3.8, 4) is 0 Å². The lowest BCUT2D eigenvalue weighted by molar-refractivity contribution is -0.124. The number of aryl methyl sites for hydroxylation is 1. The number of carbonyl (C=O) groups is 2. The van der Waals surface area contributed by atoms with Gasteiger partial charge in [0.1, 0.15) is 17.8 Å². The molecule has 0 saturated carbocycles. The van der Waals surface area contributed by atoms with Crippen LogP contribution in [0.25, 0.3) is 0 Å². The number of amides is 1. The molecule has 3 rings (SSSR count). The Morgan fingerprint density at radius 2 is 2.19 bits per heavy atom. The van der Waals surface area contributed by atoms with Crippen LogP contribution in [-0.4, -0.2) is 44.6 Å². The summed E-state index contributed by atoms with van der Waals surface area (Å²) in [6, 6.07) is 3.50. The number of hydrogen-bond acceptors (Lipinski definition) is 6. The van der Waals surface area contributed by atoms with E-state index in [1.54, 1.807) is 42.3 Å². The second kappa shape index (κ2) is 7.30. The second-order valence-corrected chi connectivity index (χ2v) is 7.03. The Hall–Kier alpha value is -3.03. The molecule has 142 valence electrons. The van der Waals surface area contributed by atoms with Crippen molar-refractivity contribution < 1.29 is 14.3 Å². The topological polar surface area (TPSA) is 98.5 Å². The van der Waals surface area contributed by atoms with E-state index in [0.717, 1.165) is 5.56 Å². The highest BCUT2D eigenvalue weighted by Gasteiger charge is 2.43. The van der Waals surface area contributed by atoms with E-state index in [2.05, 4.69) is 20.4 Å². The van der Waals surface area contributed by atoms with E-state index in [1.165, 1.54) is 0 Å². The lowest BCUT2D eigenvalue weighted by atomic mass is 9.89. The molecule has 1 amide bonds. The average Bonchev–Trinajstić information content (AvgIpc) is 3.24. The number of amidine groups is 1. The predicted molar refractivity (Wildman–Crippen MR) is 99.4 cm³/mol. The van der Waals surface area contributed by atoms with Gasteiger partial charge in [-0.1, -0.05) is 13.8 Å². The van der Waals surface area contributed by atoms with E-state index >= 15 is 0 Å². The maximum absolute atomic E-state index is 12.6. The van der Waals surface area contributed by atoms with Crippen LogP contribution in [0.15, 0.2) is 35.7 Å². The van der Waals surface area contributed by atoms with E-state index < -0.39 is 11.5 Å². The molecule has 2 aromatic heterocycles. The number of aliphatic imine (C=N–C) groups is 1. The molecule has 1 atom stereocenters. The summed E-state index contributed by atoms with van der Waals surface area (Å²) in [6.45, 7) is 8.10. The van der Waals surface area contributed by atoms with Crippen molar-refractivity contribution in [2.75, 3.05) is 6.61 Å². The van der Waals surface area contributed by atoms with E-state index in [9.17, 15) is 9.59 Å². The molecule has 8 nitrogen and oxygen atoms in total. The monoisotopic (exact) mass is 369 g/mol. The van der Waals surface area contributed by atoms with Crippen molar-refractivity contribution in [1.29, 1.82) is 0 Å². The van der Waals surface area contributed by atoms with Crippen LogP contribution in [0.5, 0.6) is 0 Å². The Bertz CT molecular complexity index is 889. The van der Waals surface area contributed by atoms with Gasteiger partial charge < -0.3 is 10.1 Å². The summed E-state index contributed by atoms with van der Waals surface area (Å²) in [6.07, 6.45) is 5.09. The first-order valence-electron chi connectivity index (χ1n) is 8.84. The minimum absolute atomic E-state index is 0.00456. The zero-order valence-electron chi connectivity index (χ0n) is 15.9. The number of hydrogen-bond donors (Lipinski definition) is 1. The highest BCUT2D eigenvalue weighted by Crippen LogP contribution is 2.27. The number of nitrogens with one attached hydrogen (secondary N) is 1. The van der Waals surface area contributed by atoms with E-state index in [1.807, 2.05) is 20.8 Å². The number of nitrogens with zero attached hydrogens (tertiary/aromatic N) is 4. The molecule has 1 aliphatic heterocycles. The number of carbonyl (C=O) groups excluding carboxylic acids is 2. The smallest absolute Gasteiger partial charge is 0.340 e. The highest BCUT2D eigenvalue weighted by molar-refractivity contribution is 6.17. The third-order valence-corrected chi connectivity index (χ3v) is 4.74. The SMILES string of the molecule is Cc1cnc(C2=NC(C)(C(C)C)C(=O)N2)c(C(=O)OCCn2cccn2)c1. The molecule has 3 heterocycles. The van der Waals surface area contributed by atoms with Crippen LogP contribution in [0, 0.1) is 12.8 Å². The van der Waals surface area contributed by atoms with E-state index in [0.29, 0.717) is 18.1 Å². The Kier molecular flexibility index (Phi) is 5.07. The first-order valence-corrected chi connectivity index (χ1v) is 8.84. The lowest BCUT2D eigenvalue weighted by Crippen LogP contribution is -2.41. The number of esters is 1. The standard InChI is InChI=1S/C19H23N5O3/c1-12(2)19(4)18(26)22-16(23-19)15-14(10-13(3)11-20-15)17(25)27-9-8-24-7-5-6-21-24/h5-7,10-12H,8-9H2,1-4H3,(H,22,23,26). The van der Waals surface area contributed by atoms with Crippen LogP contribution < -0.4 is 5.32 Å². The highest BCUT2D eigenvalue weighted by atomic mass is 16.5. The van der Waals surface area contributed by atoms with E-state index in [-0.39, 0.29) is 24.0 Å². The van der Waals surface area contributed by atoms with Crippen molar-refractivity contribution >= 4 is 17.7 Å². The molecule has 0 aliphatic carbocycles. The summed E-state index contributed by atoms with van der Waals surface area (Å²) in [7, 11) is 0. The van der Waals surface area contributed by atoms with Gasteiger partial charge in [0, 0.05) is 18.6 Å². The summed E-state index contributed by atoms with van der Waals surface area (Å²) in [4.78, 5) is 33.9. The quantitative estimate of drug-likeness (QED) is 0.782. The first-order chi connectivity index (χ1) is 12.8. The van der Waals surface area contributed by atoms with Gasteiger partial charge in [0.25, 0.3) is 5.91 Å². The lowest BCUT2D eigenvalue weighted by Gasteiger charge is -2.21. The van der Waals surface area contributed by atoms with Gasteiger partial charge in [-0.3, -0.25) is 14.5 Å². The minimum Gasteiger partial charge on any atom is -0.460 e. The second-order valence-electron chi connectivity index (χ2n) is 7.03. The molecular formula is C19H23N5O3. The summed E-state index contributed by atoms with van der Waals surface area (Å²) in [5.41, 5.74) is 0.530. The molecule has 2 aromatic rings. The Morgan fingerprint density at radius 3 is 2.81 bits per heavy atom. The number of aromatic nitrogens is 3. The summed E-state index contributed by atoms with van der Waals surface area (Å²) >= 11 is 0.